The standard InChI is InChI=1S/C21H33N5O2.HI/c1-15(2)11-21(9-4-10-21)14-26-20(23-3)25-12-16-5-7-17(8-6-16)19(28)24-13-18(22)27;/h5-8,15H,4,9-14H2,1-3H3,(H2,22,27)(H,24,28)(H2,23,25,26);1H. The topological polar surface area (TPSA) is 109 Å². The van der Waals surface area contributed by atoms with Crippen LogP contribution >= 0.6 is 24.0 Å². The molecule has 5 N–H and O–H groups in total. The maximum Gasteiger partial charge on any atom is 0.251 e. The van der Waals surface area contributed by atoms with E-state index in [0.717, 1.165) is 18.1 Å². The van der Waals surface area contributed by atoms with Gasteiger partial charge in [-0.3, -0.25) is 14.6 Å². The molecule has 0 radical (unpaired) electrons. The summed E-state index contributed by atoms with van der Waals surface area (Å²) >= 11 is 0. The third-order valence-electron chi connectivity index (χ3n) is 5.21. The Kier molecular flexibility index (Phi) is 10.4. The number of carbonyl (C=O) groups excluding carboxylic acids is 2. The van der Waals surface area contributed by atoms with Gasteiger partial charge in [-0.1, -0.05) is 32.4 Å². The summed E-state index contributed by atoms with van der Waals surface area (Å²) in [5, 5.41) is 9.28. The molecule has 2 rings (SSSR count). The highest BCUT2D eigenvalue weighted by atomic mass is 127. The summed E-state index contributed by atoms with van der Waals surface area (Å²) in [6.45, 7) is 5.96. The first-order chi connectivity index (χ1) is 13.3. The number of nitrogens with two attached hydrogens (primary N) is 1. The SMILES string of the molecule is CN=C(NCc1ccc(C(=O)NCC(N)=O)cc1)NCC1(CC(C)C)CCC1.I. The molecule has 0 atom stereocenters. The van der Waals surface area contributed by atoms with E-state index in [9.17, 15) is 9.59 Å². The highest BCUT2D eigenvalue weighted by Gasteiger charge is 2.37. The van der Waals surface area contributed by atoms with Crippen LogP contribution in [0.1, 0.15) is 55.5 Å². The molecule has 29 heavy (non-hydrogen) atoms. The van der Waals surface area contributed by atoms with Gasteiger partial charge in [0, 0.05) is 25.7 Å². The summed E-state index contributed by atoms with van der Waals surface area (Å²) in [5.74, 6) is 0.617. The van der Waals surface area contributed by atoms with Gasteiger partial charge < -0.3 is 21.7 Å². The zero-order valence-corrected chi connectivity index (χ0v) is 19.9. The van der Waals surface area contributed by atoms with Gasteiger partial charge in [-0.05, 0) is 48.3 Å². The van der Waals surface area contributed by atoms with Gasteiger partial charge in [-0.25, -0.2) is 0 Å². The maximum absolute atomic E-state index is 11.9. The second-order valence-electron chi connectivity index (χ2n) is 8.08. The van der Waals surface area contributed by atoms with Gasteiger partial charge in [0.15, 0.2) is 5.96 Å². The minimum absolute atomic E-state index is 0. The average Bonchev–Trinajstić information content (AvgIpc) is 2.64. The lowest BCUT2D eigenvalue weighted by Gasteiger charge is -2.43. The van der Waals surface area contributed by atoms with Gasteiger partial charge in [0.1, 0.15) is 0 Å². The number of hydrogen-bond acceptors (Lipinski definition) is 3. The number of nitrogens with one attached hydrogen (secondary N) is 3. The Morgan fingerprint density at radius 1 is 1.14 bits per heavy atom. The average molecular weight is 515 g/mol. The van der Waals surface area contributed by atoms with Crippen molar-refractivity contribution >= 4 is 41.8 Å². The van der Waals surface area contributed by atoms with E-state index >= 15 is 0 Å². The largest absolute Gasteiger partial charge is 0.368 e. The molecule has 162 valence electrons. The number of primary amides is 1. The molecule has 0 heterocycles. The van der Waals surface area contributed by atoms with Gasteiger partial charge in [0.2, 0.25) is 5.91 Å². The summed E-state index contributed by atoms with van der Waals surface area (Å²) in [5.41, 5.74) is 6.97. The first-order valence-corrected chi connectivity index (χ1v) is 9.93. The number of rotatable bonds is 9. The summed E-state index contributed by atoms with van der Waals surface area (Å²) in [6.07, 6.45) is 5.14. The van der Waals surface area contributed by atoms with Crippen molar-refractivity contribution in [2.45, 2.75) is 46.1 Å². The highest BCUT2D eigenvalue weighted by molar-refractivity contribution is 14.0. The second-order valence-corrected chi connectivity index (χ2v) is 8.08. The van der Waals surface area contributed by atoms with Crippen molar-refractivity contribution in [3.05, 3.63) is 35.4 Å². The van der Waals surface area contributed by atoms with Crippen LogP contribution < -0.4 is 21.7 Å². The molecule has 1 fully saturated rings. The summed E-state index contributed by atoms with van der Waals surface area (Å²) in [7, 11) is 1.78. The second kappa shape index (κ2) is 12.0. The maximum atomic E-state index is 11.9. The fourth-order valence-corrected chi connectivity index (χ4v) is 3.72. The van der Waals surface area contributed by atoms with Gasteiger partial charge in [-0.15, -0.1) is 24.0 Å². The molecule has 0 spiro atoms. The Balaban J connectivity index is 0.00000420. The molecule has 1 aromatic rings. The molecular weight excluding hydrogens is 481 g/mol. The number of guanidine groups is 1. The fraction of sp³-hybridized carbons (Fsp3) is 0.571. The number of halogens is 1. The van der Waals surface area contributed by atoms with Crippen molar-refractivity contribution in [3.63, 3.8) is 0 Å². The smallest absolute Gasteiger partial charge is 0.251 e. The molecule has 1 aliphatic carbocycles. The van der Waals surface area contributed by atoms with Crippen molar-refractivity contribution in [2.24, 2.45) is 22.1 Å². The molecule has 0 bridgehead atoms. The lowest BCUT2D eigenvalue weighted by atomic mass is 9.64. The number of benzene rings is 1. The van der Waals surface area contributed by atoms with E-state index in [2.05, 4.69) is 34.8 Å². The number of aliphatic imine (C=N–C) groups is 1. The normalized spacial score (nSPS) is 15.1. The Labute approximate surface area is 190 Å². The van der Waals surface area contributed by atoms with Crippen molar-refractivity contribution in [3.8, 4) is 0 Å². The molecule has 8 heteroatoms. The number of carbonyl (C=O) groups is 2. The van der Waals surface area contributed by atoms with Crippen LogP contribution in [0.3, 0.4) is 0 Å². The van der Waals surface area contributed by atoms with Crippen LogP contribution in [0, 0.1) is 11.3 Å². The van der Waals surface area contributed by atoms with E-state index in [4.69, 9.17) is 5.73 Å². The van der Waals surface area contributed by atoms with Crippen LogP contribution in [0.4, 0.5) is 0 Å². The molecule has 1 saturated carbocycles. The first kappa shape index (κ1) is 25.2. The number of hydrogen-bond donors (Lipinski definition) is 4. The van der Waals surface area contributed by atoms with Crippen LogP contribution in [-0.4, -0.2) is 37.9 Å². The predicted molar refractivity (Wildman–Crippen MR) is 127 cm³/mol. The zero-order chi connectivity index (χ0) is 20.6. The zero-order valence-electron chi connectivity index (χ0n) is 17.6. The van der Waals surface area contributed by atoms with Crippen molar-refractivity contribution < 1.29 is 9.59 Å². The van der Waals surface area contributed by atoms with Crippen molar-refractivity contribution in [1.29, 1.82) is 0 Å². The third kappa shape index (κ3) is 8.20. The van der Waals surface area contributed by atoms with Gasteiger partial charge in [0.05, 0.1) is 6.54 Å². The Bertz CT molecular complexity index is 700. The number of amides is 2. The van der Waals surface area contributed by atoms with Crippen molar-refractivity contribution in [2.75, 3.05) is 20.1 Å². The lowest BCUT2D eigenvalue weighted by Crippen LogP contribution is -2.46. The van der Waals surface area contributed by atoms with Crippen LogP contribution in [0.15, 0.2) is 29.3 Å². The van der Waals surface area contributed by atoms with E-state index < -0.39 is 5.91 Å². The van der Waals surface area contributed by atoms with Gasteiger partial charge in [0.25, 0.3) is 5.91 Å². The van der Waals surface area contributed by atoms with Crippen LogP contribution in [-0.2, 0) is 11.3 Å². The Hall–Kier alpha value is -1.84. The van der Waals surface area contributed by atoms with Crippen LogP contribution in [0.2, 0.25) is 0 Å². The summed E-state index contributed by atoms with van der Waals surface area (Å²) in [4.78, 5) is 27.0. The lowest BCUT2D eigenvalue weighted by molar-refractivity contribution is -0.117. The van der Waals surface area contributed by atoms with E-state index in [1.807, 2.05) is 12.1 Å². The van der Waals surface area contributed by atoms with E-state index in [-0.39, 0.29) is 36.4 Å². The van der Waals surface area contributed by atoms with Crippen LogP contribution in [0.25, 0.3) is 0 Å². The molecule has 0 saturated heterocycles. The Morgan fingerprint density at radius 3 is 2.28 bits per heavy atom. The summed E-state index contributed by atoms with van der Waals surface area (Å²) in [6, 6.07) is 7.22. The van der Waals surface area contributed by atoms with Gasteiger partial charge in [-0.2, -0.15) is 0 Å². The van der Waals surface area contributed by atoms with E-state index in [1.165, 1.54) is 25.7 Å². The predicted octanol–water partition coefficient (Wildman–Crippen LogP) is 2.40. The minimum Gasteiger partial charge on any atom is -0.368 e. The van der Waals surface area contributed by atoms with Crippen molar-refractivity contribution in [1.82, 2.24) is 16.0 Å². The number of nitrogens with zero attached hydrogens (tertiary/aromatic N) is 1. The molecule has 0 aliphatic heterocycles. The van der Waals surface area contributed by atoms with Gasteiger partial charge >= 0.3 is 0 Å². The monoisotopic (exact) mass is 515 g/mol. The molecule has 1 aromatic carbocycles. The molecule has 0 aromatic heterocycles. The summed E-state index contributed by atoms with van der Waals surface area (Å²) < 4.78 is 0. The first-order valence-electron chi connectivity index (χ1n) is 9.93. The molecule has 0 unspecified atom stereocenters. The molecule has 7 nitrogen and oxygen atoms in total. The molecular formula is C21H34IN5O2. The quantitative estimate of drug-likeness (QED) is 0.230. The minimum atomic E-state index is -0.565. The van der Waals surface area contributed by atoms with E-state index in [1.54, 1.807) is 19.2 Å². The van der Waals surface area contributed by atoms with E-state index in [0.29, 0.717) is 23.4 Å². The Morgan fingerprint density at radius 2 is 1.79 bits per heavy atom. The fourth-order valence-electron chi connectivity index (χ4n) is 3.72. The third-order valence-corrected chi connectivity index (χ3v) is 5.21. The highest BCUT2D eigenvalue weighted by Crippen LogP contribution is 2.45. The molecule has 2 amide bonds. The van der Waals surface area contributed by atoms with Crippen LogP contribution in [0.5, 0.6) is 0 Å². The molecule has 1 aliphatic rings.